The quantitative estimate of drug-likeness (QED) is 0.742. The first-order chi connectivity index (χ1) is 8.13. The van der Waals surface area contributed by atoms with Crippen molar-refractivity contribution in [3.05, 3.63) is 35.4 Å². The highest BCUT2D eigenvalue weighted by Crippen LogP contribution is 2.13. The predicted molar refractivity (Wildman–Crippen MR) is 70.6 cm³/mol. The second kappa shape index (κ2) is 7.07. The molecule has 94 valence electrons. The van der Waals surface area contributed by atoms with E-state index < -0.39 is 0 Å². The second-order valence-electron chi connectivity index (χ2n) is 4.45. The summed E-state index contributed by atoms with van der Waals surface area (Å²) in [4.78, 5) is 11.6. The number of aryl methyl sites for hydroxylation is 1. The highest BCUT2D eigenvalue weighted by molar-refractivity contribution is 5.76. The van der Waals surface area contributed by atoms with Gasteiger partial charge in [0.1, 0.15) is 0 Å². The SMILES string of the molecule is Cc1cccc([C@H](C)NC(=O)CCCCN)c1. The van der Waals surface area contributed by atoms with Gasteiger partial charge in [0, 0.05) is 6.42 Å². The fourth-order valence-corrected chi connectivity index (χ4v) is 1.77. The largest absolute Gasteiger partial charge is 0.350 e. The summed E-state index contributed by atoms with van der Waals surface area (Å²) in [6.45, 7) is 4.72. The number of nitrogens with two attached hydrogens (primary N) is 1. The Balaban J connectivity index is 2.43. The molecule has 0 aromatic heterocycles. The Kier molecular flexibility index (Phi) is 5.70. The standard InChI is InChI=1S/C14H22N2O/c1-11-6-5-7-13(10-11)12(2)16-14(17)8-3-4-9-15/h5-7,10,12H,3-4,8-9,15H2,1-2H3,(H,16,17)/t12-/m0/s1. The lowest BCUT2D eigenvalue weighted by atomic mass is 10.1. The molecule has 1 aromatic rings. The fourth-order valence-electron chi connectivity index (χ4n) is 1.77. The van der Waals surface area contributed by atoms with Crippen LogP contribution in [-0.2, 0) is 4.79 Å². The summed E-state index contributed by atoms with van der Waals surface area (Å²) >= 11 is 0. The van der Waals surface area contributed by atoms with E-state index in [0.29, 0.717) is 13.0 Å². The lowest BCUT2D eigenvalue weighted by molar-refractivity contribution is -0.121. The highest BCUT2D eigenvalue weighted by atomic mass is 16.1. The van der Waals surface area contributed by atoms with Crippen molar-refractivity contribution in [2.75, 3.05) is 6.54 Å². The smallest absolute Gasteiger partial charge is 0.220 e. The summed E-state index contributed by atoms with van der Waals surface area (Å²) in [6, 6.07) is 8.28. The van der Waals surface area contributed by atoms with Crippen molar-refractivity contribution in [1.29, 1.82) is 0 Å². The van der Waals surface area contributed by atoms with Crippen molar-refractivity contribution in [1.82, 2.24) is 5.32 Å². The van der Waals surface area contributed by atoms with Gasteiger partial charge in [-0.1, -0.05) is 29.8 Å². The van der Waals surface area contributed by atoms with Gasteiger partial charge in [-0.05, 0) is 38.8 Å². The second-order valence-corrected chi connectivity index (χ2v) is 4.45. The molecule has 0 spiro atoms. The molecule has 0 unspecified atom stereocenters. The lowest BCUT2D eigenvalue weighted by Gasteiger charge is -2.14. The number of carbonyl (C=O) groups is 1. The van der Waals surface area contributed by atoms with E-state index >= 15 is 0 Å². The number of carbonyl (C=O) groups excluding carboxylic acids is 1. The Morgan fingerprint density at radius 2 is 2.18 bits per heavy atom. The number of amides is 1. The Hall–Kier alpha value is -1.35. The number of unbranched alkanes of at least 4 members (excludes halogenated alkanes) is 1. The molecule has 3 heteroatoms. The third-order valence-corrected chi connectivity index (χ3v) is 2.78. The zero-order chi connectivity index (χ0) is 12.7. The molecule has 1 atom stereocenters. The van der Waals surface area contributed by atoms with Gasteiger partial charge in [0.2, 0.25) is 5.91 Å². The van der Waals surface area contributed by atoms with Crippen LogP contribution >= 0.6 is 0 Å². The molecule has 0 aliphatic carbocycles. The number of rotatable bonds is 6. The van der Waals surface area contributed by atoms with Crippen LogP contribution in [0.25, 0.3) is 0 Å². The molecule has 17 heavy (non-hydrogen) atoms. The van der Waals surface area contributed by atoms with E-state index in [2.05, 4.69) is 24.4 Å². The molecule has 0 aliphatic rings. The van der Waals surface area contributed by atoms with Gasteiger partial charge in [-0.3, -0.25) is 4.79 Å². The predicted octanol–water partition coefficient (Wildman–Crippen LogP) is 2.30. The maximum Gasteiger partial charge on any atom is 0.220 e. The Bertz CT molecular complexity index is 363. The first-order valence-corrected chi connectivity index (χ1v) is 6.19. The van der Waals surface area contributed by atoms with E-state index in [-0.39, 0.29) is 11.9 Å². The zero-order valence-corrected chi connectivity index (χ0v) is 10.7. The summed E-state index contributed by atoms with van der Waals surface area (Å²) in [5.41, 5.74) is 7.76. The van der Waals surface area contributed by atoms with Crippen molar-refractivity contribution < 1.29 is 4.79 Å². The maximum atomic E-state index is 11.6. The molecule has 1 amide bonds. The molecule has 0 aliphatic heterocycles. The van der Waals surface area contributed by atoms with Gasteiger partial charge < -0.3 is 11.1 Å². The third-order valence-electron chi connectivity index (χ3n) is 2.78. The monoisotopic (exact) mass is 234 g/mol. The number of hydrogen-bond acceptors (Lipinski definition) is 2. The highest BCUT2D eigenvalue weighted by Gasteiger charge is 2.08. The molecule has 0 bridgehead atoms. The minimum Gasteiger partial charge on any atom is -0.350 e. The summed E-state index contributed by atoms with van der Waals surface area (Å²) in [5, 5.41) is 3.00. The summed E-state index contributed by atoms with van der Waals surface area (Å²) in [7, 11) is 0. The van der Waals surface area contributed by atoms with E-state index in [9.17, 15) is 4.79 Å². The average Bonchev–Trinajstić information content (AvgIpc) is 2.29. The van der Waals surface area contributed by atoms with Gasteiger partial charge in [-0.25, -0.2) is 0 Å². The average molecular weight is 234 g/mol. The van der Waals surface area contributed by atoms with Crippen LogP contribution in [0.3, 0.4) is 0 Å². The molecule has 0 saturated carbocycles. The van der Waals surface area contributed by atoms with Crippen LogP contribution in [-0.4, -0.2) is 12.5 Å². The van der Waals surface area contributed by atoms with Gasteiger partial charge in [0.15, 0.2) is 0 Å². The van der Waals surface area contributed by atoms with Gasteiger partial charge in [0.05, 0.1) is 6.04 Å². The lowest BCUT2D eigenvalue weighted by Crippen LogP contribution is -2.26. The molecule has 0 saturated heterocycles. The maximum absolute atomic E-state index is 11.6. The first kappa shape index (κ1) is 13.7. The molecule has 1 rings (SSSR count). The minimum atomic E-state index is 0.0697. The normalized spacial score (nSPS) is 12.2. The van der Waals surface area contributed by atoms with Crippen LogP contribution in [0.2, 0.25) is 0 Å². The summed E-state index contributed by atoms with van der Waals surface area (Å²) in [6.07, 6.45) is 2.34. The van der Waals surface area contributed by atoms with E-state index in [0.717, 1.165) is 18.4 Å². The topological polar surface area (TPSA) is 55.1 Å². The van der Waals surface area contributed by atoms with E-state index in [1.807, 2.05) is 19.1 Å². The van der Waals surface area contributed by atoms with Crippen molar-refractivity contribution in [2.45, 2.75) is 39.2 Å². The molecule has 0 fully saturated rings. The van der Waals surface area contributed by atoms with Crippen LogP contribution in [0.4, 0.5) is 0 Å². The van der Waals surface area contributed by atoms with E-state index in [1.165, 1.54) is 5.56 Å². The molecule has 3 nitrogen and oxygen atoms in total. The van der Waals surface area contributed by atoms with E-state index in [4.69, 9.17) is 5.73 Å². The zero-order valence-electron chi connectivity index (χ0n) is 10.7. The minimum absolute atomic E-state index is 0.0697. The van der Waals surface area contributed by atoms with Gasteiger partial charge in [0.25, 0.3) is 0 Å². The van der Waals surface area contributed by atoms with Crippen LogP contribution in [0.15, 0.2) is 24.3 Å². The van der Waals surface area contributed by atoms with Crippen LogP contribution in [0, 0.1) is 6.92 Å². The summed E-state index contributed by atoms with van der Waals surface area (Å²) in [5.74, 6) is 0.104. The molecule has 1 aromatic carbocycles. The van der Waals surface area contributed by atoms with Crippen LogP contribution in [0.5, 0.6) is 0 Å². The molecular formula is C14H22N2O. The van der Waals surface area contributed by atoms with Crippen molar-refractivity contribution in [2.24, 2.45) is 5.73 Å². The molecule has 3 N–H and O–H groups in total. The Morgan fingerprint density at radius 3 is 2.82 bits per heavy atom. The van der Waals surface area contributed by atoms with Gasteiger partial charge in [-0.15, -0.1) is 0 Å². The summed E-state index contributed by atoms with van der Waals surface area (Å²) < 4.78 is 0. The molecule has 0 radical (unpaired) electrons. The fraction of sp³-hybridized carbons (Fsp3) is 0.500. The van der Waals surface area contributed by atoms with Crippen LogP contribution < -0.4 is 11.1 Å². The number of benzene rings is 1. The Morgan fingerprint density at radius 1 is 1.41 bits per heavy atom. The number of nitrogens with one attached hydrogen (secondary N) is 1. The Labute approximate surface area is 103 Å². The van der Waals surface area contributed by atoms with Crippen LogP contribution in [0.1, 0.15) is 43.4 Å². The van der Waals surface area contributed by atoms with E-state index in [1.54, 1.807) is 0 Å². The van der Waals surface area contributed by atoms with Crippen molar-refractivity contribution in [3.63, 3.8) is 0 Å². The van der Waals surface area contributed by atoms with Gasteiger partial charge >= 0.3 is 0 Å². The first-order valence-electron chi connectivity index (χ1n) is 6.19. The van der Waals surface area contributed by atoms with Crippen molar-refractivity contribution >= 4 is 5.91 Å². The third kappa shape index (κ3) is 5.00. The number of hydrogen-bond donors (Lipinski definition) is 2. The van der Waals surface area contributed by atoms with Gasteiger partial charge in [-0.2, -0.15) is 0 Å². The molecule has 0 heterocycles. The molecular weight excluding hydrogens is 212 g/mol. The van der Waals surface area contributed by atoms with Crippen molar-refractivity contribution in [3.8, 4) is 0 Å².